The molecule has 0 radical (unpaired) electrons. The monoisotopic (exact) mass is 262 g/mol. The Morgan fingerprint density at radius 2 is 2.11 bits per heavy atom. The van der Waals surface area contributed by atoms with Crippen LogP contribution in [0.5, 0.6) is 0 Å². The van der Waals surface area contributed by atoms with E-state index in [4.69, 9.17) is 0 Å². The summed E-state index contributed by atoms with van der Waals surface area (Å²) in [5, 5.41) is 4.39. The van der Waals surface area contributed by atoms with Gasteiger partial charge in [-0.1, -0.05) is 19.8 Å². The van der Waals surface area contributed by atoms with Crippen molar-refractivity contribution >= 4 is 11.0 Å². The molecule has 1 fully saturated rings. The van der Waals surface area contributed by atoms with E-state index in [1.54, 1.807) is 4.57 Å². The first-order valence-electron chi connectivity index (χ1n) is 6.92. The fraction of sp³-hybridized carbons (Fsp3) is 0.615. The Balaban J connectivity index is 2.20. The molecule has 0 aliphatic heterocycles. The summed E-state index contributed by atoms with van der Waals surface area (Å²) in [6.07, 6.45) is 7.32. The van der Waals surface area contributed by atoms with Gasteiger partial charge in [0, 0.05) is 12.7 Å². The lowest BCUT2D eigenvalue weighted by Crippen LogP contribution is -2.29. The predicted octanol–water partition coefficient (Wildman–Crippen LogP) is 1.41. The third-order valence-corrected chi connectivity index (χ3v) is 3.83. The van der Waals surface area contributed by atoms with E-state index < -0.39 is 0 Å². The molecule has 6 heteroatoms. The Hall–Kier alpha value is -1.85. The normalized spacial score (nSPS) is 16.5. The Bertz CT molecular complexity index is 703. The molecule has 0 spiro atoms. The van der Waals surface area contributed by atoms with Gasteiger partial charge in [0.15, 0.2) is 5.52 Å². The third kappa shape index (κ3) is 2.01. The van der Waals surface area contributed by atoms with Crippen LogP contribution in [-0.4, -0.2) is 19.3 Å². The average Bonchev–Trinajstić information content (AvgIpc) is 3.02. The summed E-state index contributed by atoms with van der Waals surface area (Å²) in [5.41, 5.74) is 0.303. The summed E-state index contributed by atoms with van der Waals surface area (Å²) in [6.45, 7) is 2.60. The predicted molar refractivity (Wildman–Crippen MR) is 72.4 cm³/mol. The molecular formula is C13H18N4O2. The van der Waals surface area contributed by atoms with Crippen LogP contribution in [0.4, 0.5) is 0 Å². The minimum Gasteiger partial charge on any atom is -0.290 e. The van der Waals surface area contributed by atoms with Gasteiger partial charge in [-0.2, -0.15) is 5.10 Å². The number of aryl methyl sites for hydroxylation is 1. The minimum absolute atomic E-state index is 0.342. The van der Waals surface area contributed by atoms with Gasteiger partial charge in [0.2, 0.25) is 0 Å². The van der Waals surface area contributed by atoms with Gasteiger partial charge >= 0.3 is 5.69 Å². The van der Waals surface area contributed by atoms with Crippen molar-refractivity contribution in [2.45, 2.75) is 51.6 Å². The summed E-state index contributed by atoms with van der Waals surface area (Å²) in [4.78, 5) is 26.0. The van der Waals surface area contributed by atoms with Crippen molar-refractivity contribution in [1.29, 1.82) is 0 Å². The number of hydrogen-bond donors (Lipinski definition) is 1. The molecular weight excluding hydrogens is 244 g/mol. The number of aromatic amines is 1. The molecule has 102 valence electrons. The van der Waals surface area contributed by atoms with Crippen LogP contribution in [0, 0.1) is 0 Å². The number of fused-ring (bicyclic) bond motifs is 1. The smallest absolute Gasteiger partial charge is 0.290 e. The fourth-order valence-electron chi connectivity index (χ4n) is 2.88. The Morgan fingerprint density at radius 1 is 1.37 bits per heavy atom. The number of hydrogen-bond acceptors (Lipinski definition) is 3. The summed E-state index contributed by atoms with van der Waals surface area (Å²) in [7, 11) is 0. The summed E-state index contributed by atoms with van der Waals surface area (Å²) in [5.74, 6) is 0. The largest absolute Gasteiger partial charge is 0.328 e. The van der Waals surface area contributed by atoms with Crippen molar-refractivity contribution in [1.82, 2.24) is 19.3 Å². The van der Waals surface area contributed by atoms with Crippen molar-refractivity contribution in [2.75, 3.05) is 0 Å². The van der Waals surface area contributed by atoms with E-state index >= 15 is 0 Å². The van der Waals surface area contributed by atoms with Crippen molar-refractivity contribution in [2.24, 2.45) is 0 Å². The lowest BCUT2D eigenvalue weighted by Gasteiger charge is -2.08. The molecule has 1 aliphatic rings. The number of aromatic nitrogens is 4. The number of H-pyrrole nitrogens is 1. The van der Waals surface area contributed by atoms with Crippen molar-refractivity contribution in [3.05, 3.63) is 27.0 Å². The molecule has 0 bridgehead atoms. The first-order chi connectivity index (χ1) is 9.20. The second-order valence-electron chi connectivity index (χ2n) is 5.19. The number of nitrogens with one attached hydrogen (secondary N) is 1. The average molecular weight is 262 g/mol. The molecule has 1 aliphatic carbocycles. The van der Waals surface area contributed by atoms with Gasteiger partial charge in [0.05, 0.1) is 11.6 Å². The molecule has 2 heterocycles. The zero-order chi connectivity index (χ0) is 13.4. The number of nitrogens with zero attached hydrogens (tertiary/aromatic N) is 3. The third-order valence-electron chi connectivity index (χ3n) is 3.83. The van der Waals surface area contributed by atoms with Crippen LogP contribution in [0.2, 0.25) is 0 Å². The van der Waals surface area contributed by atoms with E-state index in [-0.39, 0.29) is 11.2 Å². The van der Waals surface area contributed by atoms with E-state index in [2.05, 4.69) is 10.1 Å². The summed E-state index contributed by atoms with van der Waals surface area (Å²) < 4.78 is 3.48. The standard InChI is InChI=1S/C13H18N4O2/c1-2-7-16-10-8-17(9-5-3-4-6-9)15-11(10)12(18)14-13(16)19/h8-9H,2-7H2,1H3,(H,14,18,19). The Kier molecular flexibility index (Phi) is 3.00. The highest BCUT2D eigenvalue weighted by Crippen LogP contribution is 2.29. The first-order valence-corrected chi connectivity index (χ1v) is 6.92. The lowest BCUT2D eigenvalue weighted by atomic mass is 10.3. The Morgan fingerprint density at radius 3 is 2.79 bits per heavy atom. The molecule has 2 aromatic heterocycles. The molecule has 2 aromatic rings. The molecule has 19 heavy (non-hydrogen) atoms. The SMILES string of the molecule is CCCn1c(=O)[nH]c(=O)c2nn(C3CCCC3)cc21. The molecule has 0 unspecified atom stereocenters. The summed E-state index contributed by atoms with van der Waals surface area (Å²) >= 11 is 0. The van der Waals surface area contributed by atoms with Gasteiger partial charge in [-0.05, 0) is 19.3 Å². The molecule has 0 saturated heterocycles. The zero-order valence-corrected chi connectivity index (χ0v) is 11.1. The molecule has 1 N–H and O–H groups in total. The van der Waals surface area contributed by atoms with E-state index in [1.807, 2.05) is 17.8 Å². The van der Waals surface area contributed by atoms with Crippen molar-refractivity contribution in [3.63, 3.8) is 0 Å². The van der Waals surface area contributed by atoms with Crippen LogP contribution in [0.25, 0.3) is 11.0 Å². The van der Waals surface area contributed by atoms with E-state index in [0.717, 1.165) is 19.3 Å². The van der Waals surface area contributed by atoms with Crippen LogP contribution in [-0.2, 0) is 6.54 Å². The van der Waals surface area contributed by atoms with Crippen LogP contribution < -0.4 is 11.2 Å². The van der Waals surface area contributed by atoms with Gasteiger partial charge in [-0.25, -0.2) is 4.79 Å². The minimum atomic E-state index is -0.385. The quantitative estimate of drug-likeness (QED) is 0.909. The molecule has 1 saturated carbocycles. The van der Waals surface area contributed by atoms with Gasteiger partial charge in [0.1, 0.15) is 0 Å². The molecule has 0 aromatic carbocycles. The van der Waals surface area contributed by atoms with Crippen LogP contribution >= 0.6 is 0 Å². The maximum absolute atomic E-state index is 11.8. The Labute approximate surface area is 110 Å². The maximum atomic E-state index is 11.8. The van der Waals surface area contributed by atoms with E-state index in [9.17, 15) is 9.59 Å². The van der Waals surface area contributed by atoms with Gasteiger partial charge in [0.25, 0.3) is 5.56 Å². The van der Waals surface area contributed by atoms with Crippen molar-refractivity contribution < 1.29 is 0 Å². The van der Waals surface area contributed by atoms with Gasteiger partial charge in [-0.3, -0.25) is 19.0 Å². The highest BCUT2D eigenvalue weighted by Gasteiger charge is 2.20. The van der Waals surface area contributed by atoms with Gasteiger partial charge < -0.3 is 0 Å². The van der Waals surface area contributed by atoms with E-state index in [1.165, 1.54) is 12.8 Å². The molecule has 6 nitrogen and oxygen atoms in total. The fourth-order valence-corrected chi connectivity index (χ4v) is 2.88. The topological polar surface area (TPSA) is 72.7 Å². The molecule has 0 amide bonds. The van der Waals surface area contributed by atoms with Crippen LogP contribution in [0.3, 0.4) is 0 Å². The van der Waals surface area contributed by atoms with E-state index in [0.29, 0.717) is 23.6 Å². The molecule has 0 atom stereocenters. The maximum Gasteiger partial charge on any atom is 0.328 e. The van der Waals surface area contributed by atoms with Crippen LogP contribution in [0.15, 0.2) is 15.8 Å². The lowest BCUT2D eigenvalue weighted by molar-refractivity contribution is 0.470. The summed E-state index contributed by atoms with van der Waals surface area (Å²) in [6, 6.07) is 0.372. The molecule has 3 rings (SSSR count). The highest BCUT2D eigenvalue weighted by atomic mass is 16.2. The van der Waals surface area contributed by atoms with Crippen LogP contribution in [0.1, 0.15) is 45.1 Å². The zero-order valence-electron chi connectivity index (χ0n) is 11.1. The highest BCUT2D eigenvalue weighted by molar-refractivity contribution is 5.72. The van der Waals surface area contributed by atoms with Crippen molar-refractivity contribution in [3.8, 4) is 0 Å². The first kappa shape index (κ1) is 12.2. The second-order valence-corrected chi connectivity index (χ2v) is 5.19. The van der Waals surface area contributed by atoms with Gasteiger partial charge in [-0.15, -0.1) is 0 Å². The number of rotatable bonds is 3. The second kappa shape index (κ2) is 4.68.